The maximum absolute atomic E-state index is 14.4. The SMILES string of the molecule is CCn1nc(C)cc1C(=O)Nc1nc2cc(C(N)=O)cc(OC)c2n1-n1c(NC(=O)c2cc(C)nn2CC)nc2cc(C(N)=O)cc(OCCCOC(=O)COCCOCCOCCNC(=O)CC[C@H](NC(=O)CN3C(=O)CC(S)C3=O)C(=O)NCC(=O)NCC(=O)NCC(=O)NCC(=O)NCCOCCOCCOCCOCCOCCOCCOCCON[C@@H](CCC(=O)NO)C(=O)NC[C@H](O)[C@@H](O)[C@H](O)[C@H](O)CO)c21. The lowest BCUT2D eigenvalue weighted by molar-refractivity contribution is -0.150. The minimum Gasteiger partial charge on any atom is -0.494 e. The van der Waals surface area contributed by atoms with Gasteiger partial charge in [0.05, 0.1) is 219 Å². The first kappa shape index (κ1) is 122. The Morgan fingerprint density at radius 3 is 1.36 bits per heavy atom. The molecule has 4 aromatic heterocycles. The fraction of sp³-hybridized carbons (Fsp3) is 0.591. The predicted octanol–water partition coefficient (Wildman–Crippen LogP) is -8.32. The number of anilines is 2. The molecule has 0 radical (unpaired) electrons. The number of benzene rings is 2. The van der Waals surface area contributed by atoms with E-state index in [1.807, 2.05) is 0 Å². The number of thiol groups is 1. The number of esters is 1. The minimum atomic E-state index is -1.91. The first-order chi connectivity index (χ1) is 71.1. The number of hydrogen-bond donors (Lipinski definition) is 21. The van der Waals surface area contributed by atoms with Crippen molar-refractivity contribution in [2.75, 3.05) is 229 Å². The number of nitrogens with two attached hydrogens (primary N) is 2. The molecule has 1 fully saturated rings. The number of imidazole rings is 2. The number of nitrogens with one attached hydrogen (secondary N) is 12. The van der Waals surface area contributed by atoms with Crippen molar-refractivity contribution in [3.05, 3.63) is 70.3 Å². The molecule has 7 rings (SSSR count). The van der Waals surface area contributed by atoms with Gasteiger partial charge in [0.15, 0.2) is 0 Å². The van der Waals surface area contributed by atoms with Crippen LogP contribution in [0.1, 0.15) is 105 Å². The highest BCUT2D eigenvalue weighted by Crippen LogP contribution is 2.38. The number of ether oxygens (including phenoxy) is 13. The van der Waals surface area contributed by atoms with E-state index in [4.69, 9.17) is 98.2 Å². The lowest BCUT2D eigenvalue weighted by atomic mass is 10.0. The van der Waals surface area contributed by atoms with Gasteiger partial charge in [-0.2, -0.15) is 28.3 Å². The molecule has 59 nitrogen and oxygen atoms in total. The third kappa shape index (κ3) is 41.8. The van der Waals surface area contributed by atoms with Gasteiger partial charge in [0, 0.05) is 69.5 Å². The molecule has 1 saturated heterocycles. The number of hydrogen-bond acceptors (Lipinski definition) is 42. The van der Waals surface area contributed by atoms with Gasteiger partial charge in [0.2, 0.25) is 88.7 Å². The number of likely N-dealkylation sites (tertiary alicyclic amines) is 1. The van der Waals surface area contributed by atoms with Crippen LogP contribution in [0.4, 0.5) is 11.9 Å². The minimum absolute atomic E-state index is 0.00192. The topological polar surface area (TPSA) is 795 Å². The van der Waals surface area contributed by atoms with Gasteiger partial charge in [-0.25, -0.2) is 29.6 Å². The van der Waals surface area contributed by atoms with Gasteiger partial charge >= 0.3 is 5.97 Å². The molecule has 7 atom stereocenters. The fourth-order valence-corrected chi connectivity index (χ4v) is 13.8. The molecule has 1 aliphatic rings. The molecule has 148 heavy (non-hydrogen) atoms. The van der Waals surface area contributed by atoms with E-state index in [0.717, 1.165) is 0 Å². The van der Waals surface area contributed by atoms with Crippen molar-refractivity contribution in [3.8, 4) is 11.5 Å². The number of amides is 15. The quantitative estimate of drug-likeness (QED) is 0.00421. The summed E-state index contributed by atoms with van der Waals surface area (Å²) in [7, 11) is 1.33. The van der Waals surface area contributed by atoms with Crippen molar-refractivity contribution in [1.82, 2.24) is 97.3 Å². The van der Waals surface area contributed by atoms with Crippen LogP contribution in [0, 0.1) is 13.8 Å². The second-order valence-electron chi connectivity index (χ2n) is 32.1. The van der Waals surface area contributed by atoms with E-state index < -0.39 is 189 Å². The summed E-state index contributed by atoms with van der Waals surface area (Å²) in [6, 6.07) is 5.90. The predicted molar refractivity (Wildman–Crippen MR) is 514 cm³/mol. The highest BCUT2D eigenvalue weighted by molar-refractivity contribution is 7.81. The van der Waals surface area contributed by atoms with Crippen molar-refractivity contribution in [2.24, 2.45) is 11.5 Å². The Labute approximate surface area is 851 Å². The Morgan fingerprint density at radius 1 is 0.486 bits per heavy atom. The number of carbonyl (C=O) groups is 16. The number of nitrogens with zero attached hydrogens (tertiary/aromatic N) is 9. The van der Waals surface area contributed by atoms with Crippen LogP contribution in [0.25, 0.3) is 22.1 Å². The highest BCUT2D eigenvalue weighted by Gasteiger charge is 2.39. The van der Waals surface area contributed by atoms with Crippen molar-refractivity contribution < 1.29 is 174 Å². The maximum Gasteiger partial charge on any atom is 0.332 e. The number of imide groups is 1. The zero-order chi connectivity index (χ0) is 108. The normalized spacial score (nSPS) is 13.6. The van der Waals surface area contributed by atoms with Crippen molar-refractivity contribution in [2.45, 2.75) is 121 Å². The summed E-state index contributed by atoms with van der Waals surface area (Å²) in [6.45, 7) is 5.82. The number of rotatable bonds is 77. The highest BCUT2D eigenvalue weighted by atomic mass is 32.1. The molecular formula is C88H131N23O36S. The molecule has 6 aromatic rings. The summed E-state index contributed by atoms with van der Waals surface area (Å²) in [5.41, 5.74) is 17.1. The standard InChI is InChI=1S/C88H131N23O36S/c1-6-108-60(37-52(3)103-108)84(130)101-87-99-58-39-54(80(89)126)41-64(134-5)76(58)110(87)111-77-59(100-88(111)102-85(131)61-38-53(4)104-109(61)7-2)40-55(81(90)127)42-65(77)145-15-8-16-146-75(123)51-144-34-33-142-22-20-135-17-13-91-67(115)11-9-56(98-73(121)49-107-74(122)43-66(148)86(107)132)82(128)97-48-72(120)95-47-71(119)94-46-70(118)93-45-69(117)92-14-18-136-19-21-137-23-24-138-25-26-139-27-28-140-29-30-141-31-32-143-35-36-147-106-57(10-12-68(116)105-133)83(129)96-44-62(113)78(124)79(125)63(114)50-112/h37-42,56-57,62-63,66,78-79,106,112-114,124-125,133,148H,6-36,43-51H2,1-5H3,(H2,89,126)(H2,90,127)(H,91,115)(H,92,117)(H,93,118)(H,94,119)(H,95,120)(H,96,129)(H,97,128)(H,98,121)(H,105,116)(H,99,101,130)(H,100,102,131)/t56-,57-,62-,63+,66?,78+,79+/m0/s1. The molecule has 0 saturated carbocycles. The number of aromatic nitrogens is 8. The Balaban J connectivity index is 0.703. The van der Waals surface area contributed by atoms with Crippen LogP contribution in [-0.2, 0) is 128 Å². The van der Waals surface area contributed by atoms with Crippen LogP contribution < -0.4 is 85.1 Å². The van der Waals surface area contributed by atoms with Gasteiger partial charge in [-0.3, -0.25) is 107 Å². The second-order valence-corrected chi connectivity index (χ2v) is 32.7. The number of primary amides is 2. The van der Waals surface area contributed by atoms with E-state index in [9.17, 15) is 97.1 Å². The van der Waals surface area contributed by atoms with E-state index in [1.54, 1.807) is 39.8 Å². The molecule has 0 aliphatic carbocycles. The van der Waals surface area contributed by atoms with Crippen LogP contribution in [0.2, 0.25) is 0 Å². The molecule has 820 valence electrons. The molecule has 15 amide bonds. The van der Waals surface area contributed by atoms with E-state index in [2.05, 4.69) is 81.5 Å². The third-order valence-electron chi connectivity index (χ3n) is 20.9. The summed E-state index contributed by atoms with van der Waals surface area (Å²) >= 11 is 4.06. The third-order valence-corrected chi connectivity index (χ3v) is 21.3. The summed E-state index contributed by atoms with van der Waals surface area (Å²) in [4.78, 5) is 221. The Morgan fingerprint density at radius 2 is 0.905 bits per heavy atom. The molecule has 0 spiro atoms. The average molecular weight is 2120 g/mol. The van der Waals surface area contributed by atoms with E-state index >= 15 is 0 Å². The Bertz CT molecular complexity index is 5370. The van der Waals surface area contributed by atoms with Gasteiger partial charge in [-0.05, 0) is 76.9 Å². The van der Waals surface area contributed by atoms with Crippen LogP contribution in [0.3, 0.4) is 0 Å². The first-order valence-corrected chi connectivity index (χ1v) is 47.5. The molecule has 1 unspecified atom stereocenters. The van der Waals surface area contributed by atoms with Crippen LogP contribution in [0.15, 0.2) is 36.4 Å². The van der Waals surface area contributed by atoms with Gasteiger partial charge in [0.1, 0.15) is 77.5 Å². The van der Waals surface area contributed by atoms with E-state index in [1.165, 1.54) is 55.6 Å². The average Bonchev–Trinajstić information content (AvgIpc) is 1.57. The van der Waals surface area contributed by atoms with E-state index in [0.29, 0.717) is 69.0 Å². The van der Waals surface area contributed by atoms with E-state index in [-0.39, 0.29) is 225 Å². The summed E-state index contributed by atoms with van der Waals surface area (Å²) in [5.74, 6) is -12.7. The Kier molecular flexibility index (Phi) is 54.4. The second kappa shape index (κ2) is 66.2. The van der Waals surface area contributed by atoms with Crippen molar-refractivity contribution in [1.29, 1.82) is 0 Å². The van der Waals surface area contributed by atoms with Gasteiger partial charge in [0.25, 0.3) is 11.8 Å². The zero-order valence-corrected chi connectivity index (χ0v) is 83.2. The Hall–Kier alpha value is -13.2. The molecule has 0 bridgehead atoms. The zero-order valence-electron chi connectivity index (χ0n) is 82.3. The fourth-order valence-electron chi connectivity index (χ4n) is 13.5. The summed E-state index contributed by atoms with van der Waals surface area (Å²) < 4.78 is 77.9. The number of aliphatic hydroxyl groups is 5. The number of aliphatic hydroxyl groups excluding tert-OH is 5. The first-order valence-electron chi connectivity index (χ1n) is 47.0. The smallest absolute Gasteiger partial charge is 0.332 e. The molecule has 1 aliphatic heterocycles. The van der Waals surface area contributed by atoms with Gasteiger partial charge in [-0.15, -0.1) is 0 Å². The molecular weight excluding hydrogens is 1990 g/mol. The van der Waals surface area contributed by atoms with Crippen LogP contribution in [-0.4, -0.2) is 429 Å². The number of hydroxylamine groups is 2. The van der Waals surface area contributed by atoms with Crippen molar-refractivity contribution in [3.63, 3.8) is 0 Å². The van der Waals surface area contributed by atoms with Crippen molar-refractivity contribution >= 4 is 141 Å². The number of aryl methyl sites for hydroxylation is 4. The molecule has 60 heteroatoms. The lowest BCUT2D eigenvalue weighted by Gasteiger charge is -2.26. The summed E-state index contributed by atoms with van der Waals surface area (Å²) in [5, 5.41) is 89.5. The molecule has 2 aromatic carbocycles. The largest absolute Gasteiger partial charge is 0.494 e. The van der Waals surface area contributed by atoms with Gasteiger partial charge in [-0.1, -0.05) is 0 Å². The number of carbonyl (C=O) groups excluding carboxylic acids is 16. The number of methoxy groups -OCH3 is 1. The molecule has 5 heterocycles. The van der Waals surface area contributed by atoms with Crippen LogP contribution >= 0.6 is 12.6 Å². The lowest BCUT2D eigenvalue weighted by Crippen LogP contribution is -2.52. The van der Waals surface area contributed by atoms with Gasteiger partial charge < -0.3 is 141 Å². The molecule has 22 N–H and O–H groups in total. The van der Waals surface area contributed by atoms with Crippen LogP contribution in [0.5, 0.6) is 11.5 Å². The summed E-state index contributed by atoms with van der Waals surface area (Å²) in [6.07, 6.45) is -8.64. The monoisotopic (exact) mass is 2120 g/mol. The maximum atomic E-state index is 14.4. The number of fused-ring (bicyclic) bond motifs is 2.